The van der Waals surface area contributed by atoms with Crippen LogP contribution >= 0.6 is 0 Å². The predicted molar refractivity (Wildman–Crippen MR) is 61.9 cm³/mol. The summed E-state index contributed by atoms with van der Waals surface area (Å²) in [6, 6.07) is 2.49. The Hall–Kier alpha value is -1.00. The second-order valence-electron chi connectivity index (χ2n) is 4.24. The summed E-state index contributed by atoms with van der Waals surface area (Å²) in [6.45, 7) is 0.537. The van der Waals surface area contributed by atoms with Crippen LogP contribution in [0.2, 0.25) is 0 Å². The van der Waals surface area contributed by atoms with Gasteiger partial charge in [0.15, 0.2) is 5.82 Å². The summed E-state index contributed by atoms with van der Waals surface area (Å²) in [6.07, 6.45) is 8.57. The Morgan fingerprint density at radius 1 is 1.25 bits per heavy atom. The zero-order valence-electron chi connectivity index (χ0n) is 9.72. The van der Waals surface area contributed by atoms with E-state index in [0.29, 0.717) is 18.8 Å². The quantitative estimate of drug-likeness (QED) is 0.837. The van der Waals surface area contributed by atoms with Crippen LogP contribution in [-0.4, -0.2) is 29.2 Å². The van der Waals surface area contributed by atoms with Crippen LogP contribution in [0.4, 0.5) is 0 Å². The van der Waals surface area contributed by atoms with E-state index in [1.54, 1.807) is 12.4 Å². The van der Waals surface area contributed by atoms with Gasteiger partial charge in [-0.1, -0.05) is 0 Å². The molecule has 88 valence electrons. The number of nitrogens with one attached hydrogen (secondary N) is 1. The number of aromatic nitrogens is 2. The van der Waals surface area contributed by atoms with E-state index in [0.717, 1.165) is 18.7 Å². The molecule has 1 fully saturated rings. The first-order valence-corrected chi connectivity index (χ1v) is 5.93. The maximum absolute atomic E-state index is 5.81. The van der Waals surface area contributed by atoms with Gasteiger partial charge in [0.25, 0.3) is 0 Å². The molecule has 0 spiro atoms. The number of nitrogens with zero attached hydrogens (tertiary/aromatic N) is 2. The molecule has 4 heteroatoms. The van der Waals surface area contributed by atoms with Gasteiger partial charge in [-0.15, -0.1) is 0 Å². The lowest BCUT2D eigenvalue weighted by Crippen LogP contribution is -2.32. The van der Waals surface area contributed by atoms with Crippen molar-refractivity contribution < 1.29 is 4.74 Å². The van der Waals surface area contributed by atoms with Gasteiger partial charge in [-0.3, -0.25) is 0 Å². The second kappa shape index (κ2) is 5.92. The van der Waals surface area contributed by atoms with E-state index >= 15 is 0 Å². The van der Waals surface area contributed by atoms with Crippen molar-refractivity contribution in [1.29, 1.82) is 0 Å². The van der Waals surface area contributed by atoms with Crippen molar-refractivity contribution in [3.63, 3.8) is 0 Å². The van der Waals surface area contributed by atoms with Crippen LogP contribution in [0.25, 0.3) is 0 Å². The molecule has 0 aromatic carbocycles. The molecule has 1 aromatic rings. The topological polar surface area (TPSA) is 47.0 Å². The first kappa shape index (κ1) is 11.5. The van der Waals surface area contributed by atoms with E-state index in [4.69, 9.17) is 4.74 Å². The molecule has 1 aromatic heterocycles. The smallest absolute Gasteiger partial charge is 0.153 e. The van der Waals surface area contributed by atoms with E-state index < -0.39 is 0 Å². The van der Waals surface area contributed by atoms with Gasteiger partial charge in [-0.05, 0) is 38.8 Å². The first-order valence-electron chi connectivity index (χ1n) is 5.93. The minimum absolute atomic E-state index is 0.383. The summed E-state index contributed by atoms with van der Waals surface area (Å²) in [5.74, 6) is 0.776. The monoisotopic (exact) mass is 221 g/mol. The lowest BCUT2D eigenvalue weighted by atomic mass is 9.93. The zero-order chi connectivity index (χ0) is 11.2. The van der Waals surface area contributed by atoms with Gasteiger partial charge in [0, 0.05) is 18.4 Å². The molecule has 4 nitrogen and oxygen atoms in total. The third-order valence-corrected chi connectivity index (χ3v) is 3.15. The molecule has 0 saturated heterocycles. The maximum Gasteiger partial charge on any atom is 0.153 e. The van der Waals surface area contributed by atoms with E-state index in [9.17, 15) is 0 Å². The number of hydrogen-bond donors (Lipinski definition) is 1. The molecule has 2 rings (SSSR count). The summed E-state index contributed by atoms with van der Waals surface area (Å²) in [5, 5.41) is 3.32. The molecule has 0 amide bonds. The Labute approximate surface area is 96.4 Å². The van der Waals surface area contributed by atoms with Crippen molar-refractivity contribution >= 4 is 0 Å². The van der Waals surface area contributed by atoms with Gasteiger partial charge >= 0.3 is 0 Å². The van der Waals surface area contributed by atoms with Gasteiger partial charge in [0.1, 0.15) is 6.61 Å². The van der Waals surface area contributed by atoms with Crippen LogP contribution in [0.15, 0.2) is 18.5 Å². The summed E-state index contributed by atoms with van der Waals surface area (Å²) >= 11 is 0. The third-order valence-electron chi connectivity index (χ3n) is 3.15. The Kier molecular flexibility index (Phi) is 4.25. The van der Waals surface area contributed by atoms with Crippen LogP contribution in [0, 0.1) is 0 Å². The predicted octanol–water partition coefficient (Wildman–Crippen LogP) is 1.52. The van der Waals surface area contributed by atoms with Crippen molar-refractivity contribution in [1.82, 2.24) is 15.3 Å². The first-order chi connectivity index (χ1) is 7.88. The Morgan fingerprint density at radius 2 is 1.94 bits per heavy atom. The highest BCUT2D eigenvalue weighted by Crippen LogP contribution is 2.21. The molecule has 1 aliphatic carbocycles. The maximum atomic E-state index is 5.81. The highest BCUT2D eigenvalue weighted by Gasteiger charge is 2.20. The molecule has 0 bridgehead atoms. The summed E-state index contributed by atoms with van der Waals surface area (Å²) in [4.78, 5) is 8.29. The fourth-order valence-electron chi connectivity index (χ4n) is 2.12. The SMILES string of the molecule is CNC1CCC(OCc2ncccn2)CC1. The minimum atomic E-state index is 0.383. The average Bonchev–Trinajstić information content (AvgIpc) is 2.38. The summed E-state index contributed by atoms with van der Waals surface area (Å²) in [5.41, 5.74) is 0. The van der Waals surface area contributed by atoms with E-state index in [1.807, 2.05) is 13.1 Å². The van der Waals surface area contributed by atoms with Crippen LogP contribution in [-0.2, 0) is 11.3 Å². The molecule has 1 aliphatic rings. The fraction of sp³-hybridized carbons (Fsp3) is 0.667. The van der Waals surface area contributed by atoms with Crippen molar-refractivity contribution in [3.8, 4) is 0 Å². The second-order valence-corrected chi connectivity index (χ2v) is 4.24. The zero-order valence-corrected chi connectivity index (χ0v) is 9.72. The van der Waals surface area contributed by atoms with Gasteiger partial charge < -0.3 is 10.1 Å². The average molecular weight is 221 g/mol. The number of hydrogen-bond acceptors (Lipinski definition) is 4. The Morgan fingerprint density at radius 3 is 2.56 bits per heavy atom. The molecule has 1 saturated carbocycles. The standard InChI is InChI=1S/C12H19N3O/c1-13-10-3-5-11(6-4-10)16-9-12-14-7-2-8-15-12/h2,7-8,10-11,13H,3-6,9H2,1H3. The molecule has 0 unspecified atom stereocenters. The molecule has 1 heterocycles. The molecule has 1 N–H and O–H groups in total. The van der Waals surface area contributed by atoms with E-state index in [2.05, 4.69) is 15.3 Å². The third kappa shape index (κ3) is 3.25. The van der Waals surface area contributed by atoms with Crippen LogP contribution < -0.4 is 5.32 Å². The highest BCUT2D eigenvalue weighted by atomic mass is 16.5. The van der Waals surface area contributed by atoms with Crippen LogP contribution in [0.5, 0.6) is 0 Å². The lowest BCUT2D eigenvalue weighted by molar-refractivity contribution is 0.00864. The number of ether oxygens (including phenoxy) is 1. The molecule has 0 atom stereocenters. The Balaban J connectivity index is 1.72. The highest BCUT2D eigenvalue weighted by molar-refractivity contribution is 4.87. The van der Waals surface area contributed by atoms with Gasteiger partial charge in [-0.2, -0.15) is 0 Å². The van der Waals surface area contributed by atoms with E-state index in [1.165, 1.54) is 12.8 Å². The van der Waals surface area contributed by atoms with E-state index in [-0.39, 0.29) is 0 Å². The number of rotatable bonds is 4. The van der Waals surface area contributed by atoms with Gasteiger partial charge in [-0.25, -0.2) is 9.97 Å². The van der Waals surface area contributed by atoms with Gasteiger partial charge in [0.2, 0.25) is 0 Å². The Bertz CT molecular complexity index is 296. The normalized spacial score (nSPS) is 25.6. The molecule has 16 heavy (non-hydrogen) atoms. The van der Waals surface area contributed by atoms with Crippen molar-refractivity contribution in [2.45, 2.75) is 44.4 Å². The largest absolute Gasteiger partial charge is 0.370 e. The fourth-order valence-corrected chi connectivity index (χ4v) is 2.12. The van der Waals surface area contributed by atoms with Crippen molar-refractivity contribution in [2.24, 2.45) is 0 Å². The summed E-state index contributed by atoms with van der Waals surface area (Å²) in [7, 11) is 2.03. The van der Waals surface area contributed by atoms with Crippen LogP contribution in [0.3, 0.4) is 0 Å². The van der Waals surface area contributed by atoms with Crippen LogP contribution in [0.1, 0.15) is 31.5 Å². The molecule has 0 radical (unpaired) electrons. The minimum Gasteiger partial charge on any atom is -0.370 e. The van der Waals surface area contributed by atoms with Crippen molar-refractivity contribution in [2.75, 3.05) is 7.05 Å². The molecular weight excluding hydrogens is 202 g/mol. The van der Waals surface area contributed by atoms with Crippen molar-refractivity contribution in [3.05, 3.63) is 24.3 Å². The molecule has 0 aliphatic heterocycles. The summed E-state index contributed by atoms with van der Waals surface area (Å²) < 4.78 is 5.81. The molecular formula is C12H19N3O. The van der Waals surface area contributed by atoms with Gasteiger partial charge in [0.05, 0.1) is 6.10 Å². The lowest BCUT2D eigenvalue weighted by Gasteiger charge is -2.27.